The number of aliphatic carboxylic acids is 1. The van der Waals surface area contributed by atoms with E-state index in [0.29, 0.717) is 16.6 Å². The molecule has 0 aliphatic carbocycles. The van der Waals surface area contributed by atoms with Gasteiger partial charge in [0.05, 0.1) is 5.56 Å². The highest BCUT2D eigenvalue weighted by molar-refractivity contribution is 5.99. The van der Waals surface area contributed by atoms with Gasteiger partial charge >= 0.3 is 12.1 Å². The van der Waals surface area contributed by atoms with Crippen LogP contribution in [-0.4, -0.2) is 20.6 Å². The number of hydrogen-bond donors (Lipinski definition) is 1. The van der Waals surface area contributed by atoms with E-state index < -0.39 is 23.3 Å². The molecule has 0 bridgehead atoms. The van der Waals surface area contributed by atoms with Crippen molar-refractivity contribution in [3.05, 3.63) is 71.1 Å². The van der Waals surface area contributed by atoms with Gasteiger partial charge in [-0.3, -0.25) is 0 Å². The Morgan fingerprint density at radius 1 is 1.26 bits per heavy atom. The lowest BCUT2D eigenvalue weighted by atomic mass is 10.1. The molecule has 0 atom stereocenters. The number of fused-ring (bicyclic) bond motifs is 1. The van der Waals surface area contributed by atoms with Gasteiger partial charge in [0, 0.05) is 29.9 Å². The summed E-state index contributed by atoms with van der Waals surface area (Å²) in [5.74, 6) is -1.38. The first-order valence-electron chi connectivity index (χ1n) is 7.75. The lowest BCUT2D eigenvalue weighted by Gasteiger charge is -2.13. The molecule has 0 unspecified atom stereocenters. The molecule has 5 nitrogen and oxygen atoms in total. The van der Waals surface area contributed by atoms with Crippen LogP contribution in [0.2, 0.25) is 0 Å². The molecule has 0 amide bonds. The van der Waals surface area contributed by atoms with Crippen molar-refractivity contribution in [3.8, 4) is 6.07 Å². The Morgan fingerprint density at radius 3 is 2.67 bits per heavy atom. The molecule has 0 aliphatic heterocycles. The summed E-state index contributed by atoms with van der Waals surface area (Å²) in [7, 11) is 0. The monoisotopic (exact) mass is 371 g/mol. The van der Waals surface area contributed by atoms with Gasteiger partial charge < -0.3 is 9.67 Å². The summed E-state index contributed by atoms with van der Waals surface area (Å²) in [6.45, 7) is -0.105. The number of pyridine rings is 1. The summed E-state index contributed by atoms with van der Waals surface area (Å²) in [5, 5.41) is 18.5. The van der Waals surface area contributed by atoms with Crippen molar-refractivity contribution in [1.29, 1.82) is 5.26 Å². The fraction of sp³-hybridized carbons (Fsp3) is 0.105. The van der Waals surface area contributed by atoms with Crippen molar-refractivity contribution < 1.29 is 23.1 Å². The molecule has 8 heteroatoms. The molecule has 3 aromatic rings. The van der Waals surface area contributed by atoms with E-state index in [1.807, 2.05) is 0 Å². The molecule has 0 saturated heterocycles. The molecule has 0 fully saturated rings. The summed E-state index contributed by atoms with van der Waals surface area (Å²) in [5.41, 5.74) is -0.386. The third kappa shape index (κ3) is 3.67. The number of alkyl halides is 3. The average molecular weight is 371 g/mol. The van der Waals surface area contributed by atoms with E-state index in [1.165, 1.54) is 41.2 Å². The number of nitrogens with zero attached hydrogens (tertiary/aromatic N) is 3. The van der Waals surface area contributed by atoms with Crippen LogP contribution in [0.25, 0.3) is 17.1 Å². The third-order valence-corrected chi connectivity index (χ3v) is 3.98. The summed E-state index contributed by atoms with van der Waals surface area (Å²) < 4.78 is 41.2. The second-order valence-electron chi connectivity index (χ2n) is 5.72. The van der Waals surface area contributed by atoms with Gasteiger partial charge in [-0.15, -0.1) is 0 Å². The molecule has 1 aromatic carbocycles. The highest BCUT2D eigenvalue weighted by Gasteiger charge is 2.33. The summed E-state index contributed by atoms with van der Waals surface area (Å²) in [6.07, 6.45) is -0.332. The van der Waals surface area contributed by atoms with E-state index >= 15 is 0 Å². The van der Waals surface area contributed by atoms with Gasteiger partial charge in [0.1, 0.15) is 17.3 Å². The Balaban J connectivity index is 2.13. The van der Waals surface area contributed by atoms with Crippen LogP contribution in [-0.2, 0) is 17.5 Å². The van der Waals surface area contributed by atoms with E-state index in [2.05, 4.69) is 4.98 Å². The van der Waals surface area contributed by atoms with E-state index in [1.54, 1.807) is 18.2 Å². The van der Waals surface area contributed by atoms with E-state index in [0.717, 1.165) is 6.07 Å². The smallest absolute Gasteiger partial charge is 0.416 e. The van der Waals surface area contributed by atoms with Crippen LogP contribution in [0.3, 0.4) is 0 Å². The van der Waals surface area contributed by atoms with Crippen LogP contribution in [0, 0.1) is 11.3 Å². The predicted molar refractivity (Wildman–Crippen MR) is 91.5 cm³/mol. The number of halogens is 3. The zero-order valence-electron chi connectivity index (χ0n) is 13.7. The number of hydrogen-bond acceptors (Lipinski definition) is 3. The fourth-order valence-electron chi connectivity index (χ4n) is 2.80. The number of benzene rings is 1. The molecular weight excluding hydrogens is 359 g/mol. The topological polar surface area (TPSA) is 78.9 Å². The Morgan fingerprint density at radius 2 is 2.00 bits per heavy atom. The number of rotatable bonds is 4. The molecule has 1 N–H and O–H groups in total. The van der Waals surface area contributed by atoms with E-state index in [9.17, 15) is 18.0 Å². The van der Waals surface area contributed by atoms with Gasteiger partial charge in [-0.25, -0.2) is 9.78 Å². The maximum absolute atomic E-state index is 13.2. The van der Waals surface area contributed by atoms with Crippen LogP contribution in [0.5, 0.6) is 0 Å². The molecule has 3 rings (SSSR count). The minimum absolute atomic E-state index is 0.0572. The van der Waals surface area contributed by atoms with E-state index in [4.69, 9.17) is 10.4 Å². The lowest BCUT2D eigenvalue weighted by molar-refractivity contribution is -0.138. The second-order valence-corrected chi connectivity index (χ2v) is 5.72. The van der Waals surface area contributed by atoms with Crippen LogP contribution in [0.4, 0.5) is 13.2 Å². The molecule has 0 spiro atoms. The first-order valence-corrected chi connectivity index (χ1v) is 7.75. The molecule has 0 saturated carbocycles. The Bertz CT molecular complexity index is 1090. The Hall–Kier alpha value is -3.60. The minimum Gasteiger partial charge on any atom is -0.477 e. The summed E-state index contributed by atoms with van der Waals surface area (Å²) in [4.78, 5) is 15.3. The van der Waals surface area contributed by atoms with E-state index in [-0.39, 0.29) is 12.1 Å². The second kappa shape index (κ2) is 6.96. The highest BCUT2D eigenvalue weighted by atomic mass is 19.4. The fourth-order valence-corrected chi connectivity index (χ4v) is 2.80. The van der Waals surface area contributed by atoms with Crippen molar-refractivity contribution in [3.63, 3.8) is 0 Å². The Kier molecular flexibility index (Phi) is 4.69. The van der Waals surface area contributed by atoms with Gasteiger partial charge in [0.15, 0.2) is 0 Å². The van der Waals surface area contributed by atoms with Crippen LogP contribution in [0.15, 0.2) is 54.4 Å². The quantitative estimate of drug-likeness (QED) is 0.553. The maximum atomic E-state index is 13.2. The van der Waals surface area contributed by atoms with Crippen LogP contribution < -0.4 is 0 Å². The van der Waals surface area contributed by atoms with Gasteiger partial charge in [0.2, 0.25) is 0 Å². The zero-order chi connectivity index (χ0) is 19.6. The van der Waals surface area contributed by atoms with Gasteiger partial charge in [-0.05, 0) is 29.8 Å². The van der Waals surface area contributed by atoms with Gasteiger partial charge in [-0.2, -0.15) is 18.4 Å². The standard InChI is InChI=1S/C19H12F3N3O2/c20-19(21,22)16-6-2-1-4-12(16)10-25-11-14(8-13(9-23)18(26)27)15-5-3-7-24-17(15)25/h1-8,11H,10H2,(H,26,27)/b13-8+. The first kappa shape index (κ1) is 18.2. The van der Waals surface area contributed by atoms with Crippen LogP contribution in [0.1, 0.15) is 16.7 Å². The van der Waals surface area contributed by atoms with Crippen molar-refractivity contribution in [2.75, 3.05) is 0 Å². The largest absolute Gasteiger partial charge is 0.477 e. The summed E-state index contributed by atoms with van der Waals surface area (Å²) in [6, 6.07) is 10.1. The molecule has 0 radical (unpaired) electrons. The molecular formula is C19H12F3N3O2. The molecule has 27 heavy (non-hydrogen) atoms. The van der Waals surface area contributed by atoms with Crippen molar-refractivity contribution in [1.82, 2.24) is 9.55 Å². The lowest BCUT2D eigenvalue weighted by Crippen LogP contribution is -2.11. The van der Waals surface area contributed by atoms with Crippen molar-refractivity contribution in [2.45, 2.75) is 12.7 Å². The average Bonchev–Trinajstić information content (AvgIpc) is 2.96. The SMILES string of the molecule is N#C/C(=C\c1cn(Cc2ccccc2C(F)(F)F)c2ncccc12)C(=O)O. The molecule has 2 aromatic heterocycles. The third-order valence-electron chi connectivity index (χ3n) is 3.98. The maximum Gasteiger partial charge on any atom is 0.416 e. The summed E-state index contributed by atoms with van der Waals surface area (Å²) >= 11 is 0. The minimum atomic E-state index is -4.49. The zero-order valence-corrected chi connectivity index (χ0v) is 13.7. The Labute approximate surface area is 151 Å². The predicted octanol–water partition coefficient (Wildman–Crippen LogP) is 4.09. The number of carbonyl (C=O) groups is 1. The van der Waals surface area contributed by atoms with Crippen molar-refractivity contribution >= 4 is 23.1 Å². The van der Waals surface area contributed by atoms with Crippen LogP contribution >= 0.6 is 0 Å². The number of carboxylic acids is 1. The number of nitriles is 1. The first-order chi connectivity index (χ1) is 12.8. The molecule has 136 valence electrons. The van der Waals surface area contributed by atoms with Gasteiger partial charge in [-0.1, -0.05) is 18.2 Å². The van der Waals surface area contributed by atoms with Gasteiger partial charge in [0.25, 0.3) is 0 Å². The molecule has 2 heterocycles. The van der Waals surface area contributed by atoms with Crippen molar-refractivity contribution in [2.24, 2.45) is 0 Å². The normalized spacial score (nSPS) is 12.1. The number of carboxylic acid groups (broad SMARTS) is 1. The number of aromatic nitrogens is 2. The molecule has 0 aliphatic rings. The highest BCUT2D eigenvalue weighted by Crippen LogP contribution is 2.33.